The number of hydrogen-bond acceptors (Lipinski definition) is 2. The maximum Gasteiger partial charge on any atom is 0.306 e. The Morgan fingerprint density at radius 2 is 2.06 bits per heavy atom. The third-order valence-electron chi connectivity index (χ3n) is 3.30. The summed E-state index contributed by atoms with van der Waals surface area (Å²) in [5.74, 6) is -0.985. The van der Waals surface area contributed by atoms with Crippen LogP contribution in [0.1, 0.15) is 30.0 Å². The summed E-state index contributed by atoms with van der Waals surface area (Å²) in [6.07, 6.45) is 0.691. The monoisotopic (exact) mass is 249 g/mol. The van der Waals surface area contributed by atoms with Crippen molar-refractivity contribution in [2.75, 3.05) is 13.6 Å². The molecule has 1 N–H and O–H groups in total. The fraction of sp³-hybridized carbons (Fsp3) is 0.533. The van der Waals surface area contributed by atoms with Crippen molar-refractivity contribution < 1.29 is 9.90 Å². The van der Waals surface area contributed by atoms with E-state index in [0.29, 0.717) is 6.42 Å². The summed E-state index contributed by atoms with van der Waals surface area (Å²) >= 11 is 0. The molecule has 0 saturated carbocycles. The molecule has 0 radical (unpaired) electrons. The van der Waals surface area contributed by atoms with Gasteiger partial charge in [0.25, 0.3) is 0 Å². The molecule has 0 amide bonds. The number of aliphatic carboxylic acids is 1. The first kappa shape index (κ1) is 14.7. The first-order chi connectivity index (χ1) is 8.40. The molecule has 100 valence electrons. The zero-order valence-electron chi connectivity index (χ0n) is 11.7. The summed E-state index contributed by atoms with van der Waals surface area (Å²) in [4.78, 5) is 12.9. The number of nitrogens with zero attached hydrogens (tertiary/aromatic N) is 1. The molecule has 0 aliphatic rings. The highest BCUT2D eigenvalue weighted by Crippen LogP contribution is 2.13. The normalized spacial score (nSPS) is 12.7. The Hall–Kier alpha value is -1.35. The van der Waals surface area contributed by atoms with Gasteiger partial charge in [0.2, 0.25) is 0 Å². The lowest BCUT2D eigenvalue weighted by Gasteiger charge is -2.19. The summed E-state index contributed by atoms with van der Waals surface area (Å²) in [6, 6.07) is 6.46. The third-order valence-corrected chi connectivity index (χ3v) is 3.30. The van der Waals surface area contributed by atoms with Gasteiger partial charge in [-0.05, 0) is 45.0 Å². The van der Waals surface area contributed by atoms with Crippen molar-refractivity contribution in [3.8, 4) is 0 Å². The summed E-state index contributed by atoms with van der Waals surface area (Å²) in [7, 11) is 2.04. The molecular weight excluding hydrogens is 226 g/mol. The van der Waals surface area contributed by atoms with Gasteiger partial charge in [0.15, 0.2) is 0 Å². The van der Waals surface area contributed by atoms with Gasteiger partial charge in [-0.1, -0.05) is 30.7 Å². The molecule has 1 unspecified atom stereocenters. The first-order valence-electron chi connectivity index (χ1n) is 6.37. The van der Waals surface area contributed by atoms with Crippen LogP contribution in [0, 0.1) is 19.8 Å². The van der Waals surface area contributed by atoms with Gasteiger partial charge in [0, 0.05) is 6.54 Å². The third kappa shape index (κ3) is 4.49. The Kier molecular flexibility index (Phi) is 5.35. The molecule has 1 aromatic rings. The highest BCUT2D eigenvalue weighted by molar-refractivity contribution is 5.69. The highest BCUT2D eigenvalue weighted by atomic mass is 16.4. The second-order valence-corrected chi connectivity index (χ2v) is 5.20. The Bertz CT molecular complexity index is 415. The van der Waals surface area contributed by atoms with Gasteiger partial charge in [-0.15, -0.1) is 0 Å². The summed E-state index contributed by atoms with van der Waals surface area (Å²) in [5.41, 5.74) is 3.89. The standard InChI is InChI=1S/C15H23NO2/c1-11-5-6-14(13(3)9-11)10-16(4)8-7-12(2)15(17)18/h5-6,9,12H,7-8,10H2,1-4H3,(H,17,18). The zero-order chi connectivity index (χ0) is 13.7. The molecule has 0 heterocycles. The van der Waals surface area contributed by atoms with Gasteiger partial charge < -0.3 is 10.0 Å². The van der Waals surface area contributed by atoms with Crippen molar-refractivity contribution in [1.29, 1.82) is 0 Å². The van der Waals surface area contributed by atoms with Gasteiger partial charge in [-0.3, -0.25) is 4.79 Å². The van der Waals surface area contributed by atoms with Crippen LogP contribution in [0.15, 0.2) is 18.2 Å². The van der Waals surface area contributed by atoms with Crippen molar-refractivity contribution >= 4 is 5.97 Å². The molecule has 0 aromatic heterocycles. The second kappa shape index (κ2) is 6.55. The van der Waals surface area contributed by atoms with Gasteiger partial charge in [-0.2, -0.15) is 0 Å². The van der Waals surface area contributed by atoms with Gasteiger partial charge in [0.1, 0.15) is 0 Å². The Morgan fingerprint density at radius 3 is 2.61 bits per heavy atom. The summed E-state index contributed by atoms with van der Waals surface area (Å²) in [5, 5.41) is 8.84. The molecule has 0 aliphatic heterocycles. The predicted molar refractivity (Wildman–Crippen MR) is 73.7 cm³/mol. The minimum absolute atomic E-state index is 0.272. The molecule has 0 spiro atoms. The molecule has 3 nitrogen and oxygen atoms in total. The van der Waals surface area contributed by atoms with Crippen LogP contribution >= 0.6 is 0 Å². The predicted octanol–water partition coefficient (Wildman–Crippen LogP) is 2.85. The van der Waals surface area contributed by atoms with Crippen molar-refractivity contribution in [2.24, 2.45) is 5.92 Å². The van der Waals surface area contributed by atoms with E-state index in [0.717, 1.165) is 13.1 Å². The number of aryl methyl sites for hydroxylation is 2. The largest absolute Gasteiger partial charge is 0.481 e. The summed E-state index contributed by atoms with van der Waals surface area (Å²) in [6.45, 7) is 7.65. The van der Waals surface area contributed by atoms with Gasteiger partial charge in [-0.25, -0.2) is 0 Å². The summed E-state index contributed by atoms with van der Waals surface area (Å²) < 4.78 is 0. The molecule has 0 fully saturated rings. The number of rotatable bonds is 6. The topological polar surface area (TPSA) is 40.5 Å². The van der Waals surface area contributed by atoms with Crippen LogP contribution in [-0.2, 0) is 11.3 Å². The highest BCUT2D eigenvalue weighted by Gasteiger charge is 2.12. The van der Waals surface area contributed by atoms with Crippen LogP contribution in [0.2, 0.25) is 0 Å². The quantitative estimate of drug-likeness (QED) is 0.842. The molecule has 0 saturated heterocycles. The molecule has 18 heavy (non-hydrogen) atoms. The number of carboxylic acid groups (broad SMARTS) is 1. The lowest BCUT2D eigenvalue weighted by atomic mass is 10.0. The van der Waals surface area contributed by atoms with Crippen LogP contribution in [0.25, 0.3) is 0 Å². The molecule has 0 bridgehead atoms. The van der Waals surface area contributed by atoms with Crippen LogP contribution < -0.4 is 0 Å². The molecule has 1 rings (SSSR count). The number of hydrogen-bond donors (Lipinski definition) is 1. The first-order valence-corrected chi connectivity index (χ1v) is 6.37. The molecular formula is C15H23NO2. The van der Waals surface area contributed by atoms with Crippen LogP contribution in [0.3, 0.4) is 0 Å². The average Bonchev–Trinajstić information content (AvgIpc) is 2.29. The number of carbonyl (C=O) groups is 1. The van der Waals surface area contributed by atoms with Gasteiger partial charge in [0.05, 0.1) is 5.92 Å². The lowest BCUT2D eigenvalue weighted by molar-refractivity contribution is -0.141. The Labute approximate surface area is 109 Å². The van der Waals surface area contributed by atoms with E-state index < -0.39 is 5.97 Å². The second-order valence-electron chi connectivity index (χ2n) is 5.20. The number of benzene rings is 1. The minimum atomic E-state index is -0.713. The Balaban J connectivity index is 2.49. The van der Waals surface area contributed by atoms with E-state index in [-0.39, 0.29) is 5.92 Å². The Morgan fingerprint density at radius 1 is 1.39 bits per heavy atom. The maximum absolute atomic E-state index is 10.7. The fourth-order valence-corrected chi connectivity index (χ4v) is 1.93. The van der Waals surface area contributed by atoms with Crippen molar-refractivity contribution in [3.05, 3.63) is 34.9 Å². The molecule has 1 atom stereocenters. The number of carboxylic acids is 1. The van der Waals surface area contributed by atoms with E-state index >= 15 is 0 Å². The maximum atomic E-state index is 10.7. The van der Waals surface area contributed by atoms with Crippen molar-refractivity contribution in [3.63, 3.8) is 0 Å². The smallest absolute Gasteiger partial charge is 0.306 e. The van der Waals surface area contributed by atoms with Crippen molar-refractivity contribution in [2.45, 2.75) is 33.7 Å². The van der Waals surface area contributed by atoms with E-state index in [4.69, 9.17) is 5.11 Å². The van der Waals surface area contributed by atoms with E-state index in [2.05, 4.69) is 36.9 Å². The molecule has 3 heteroatoms. The van der Waals surface area contributed by atoms with Crippen LogP contribution in [0.4, 0.5) is 0 Å². The molecule has 1 aromatic carbocycles. The van der Waals surface area contributed by atoms with Crippen LogP contribution in [0.5, 0.6) is 0 Å². The van der Waals surface area contributed by atoms with Gasteiger partial charge >= 0.3 is 5.97 Å². The van der Waals surface area contributed by atoms with Crippen molar-refractivity contribution in [1.82, 2.24) is 4.90 Å². The SMILES string of the molecule is Cc1ccc(CN(C)CCC(C)C(=O)O)c(C)c1. The fourth-order valence-electron chi connectivity index (χ4n) is 1.93. The molecule has 0 aliphatic carbocycles. The zero-order valence-corrected chi connectivity index (χ0v) is 11.7. The van der Waals surface area contributed by atoms with E-state index in [1.54, 1.807) is 6.92 Å². The van der Waals surface area contributed by atoms with Crippen LogP contribution in [-0.4, -0.2) is 29.6 Å². The van der Waals surface area contributed by atoms with E-state index in [1.165, 1.54) is 16.7 Å². The minimum Gasteiger partial charge on any atom is -0.481 e. The average molecular weight is 249 g/mol. The van der Waals surface area contributed by atoms with E-state index in [9.17, 15) is 4.79 Å². The van der Waals surface area contributed by atoms with E-state index in [1.807, 2.05) is 7.05 Å². The lowest BCUT2D eigenvalue weighted by Crippen LogP contribution is -2.23.